The highest BCUT2D eigenvalue weighted by Crippen LogP contribution is 2.28. The van der Waals surface area contributed by atoms with E-state index < -0.39 is 0 Å². The van der Waals surface area contributed by atoms with Gasteiger partial charge >= 0.3 is 0 Å². The second-order valence-electron chi connectivity index (χ2n) is 6.60. The fraction of sp³-hybridized carbons (Fsp3) is 0.550. The Morgan fingerprint density at radius 3 is 2.72 bits per heavy atom. The Morgan fingerprint density at radius 1 is 1.28 bits per heavy atom. The largest absolute Gasteiger partial charge is 0.493 e. The van der Waals surface area contributed by atoms with E-state index >= 15 is 0 Å². The van der Waals surface area contributed by atoms with Crippen LogP contribution in [0.3, 0.4) is 0 Å². The standard InChI is InChI=1S/C20H28ClNO3/c1-15-4-8-17(9-5-15)22-20(23)11-7-16-6-10-18(19(14-16)24-2)25-13-3-12-21/h6-7,10-11,14-15,17H,3-5,8-9,12-13H2,1-2H3,(H,22,23). The van der Waals surface area contributed by atoms with Gasteiger partial charge in [-0.05, 0) is 61.8 Å². The van der Waals surface area contributed by atoms with Crippen LogP contribution in [0.1, 0.15) is 44.6 Å². The first-order chi connectivity index (χ1) is 12.1. The maximum absolute atomic E-state index is 12.1. The highest BCUT2D eigenvalue weighted by Gasteiger charge is 2.18. The maximum atomic E-state index is 12.1. The Balaban J connectivity index is 1.90. The van der Waals surface area contributed by atoms with E-state index in [1.165, 1.54) is 12.8 Å². The summed E-state index contributed by atoms with van der Waals surface area (Å²) in [6.07, 6.45) is 8.69. The zero-order valence-electron chi connectivity index (χ0n) is 15.1. The van der Waals surface area contributed by atoms with Gasteiger partial charge in [0.15, 0.2) is 11.5 Å². The van der Waals surface area contributed by atoms with E-state index in [9.17, 15) is 4.79 Å². The molecule has 1 amide bonds. The van der Waals surface area contributed by atoms with Gasteiger partial charge in [0, 0.05) is 18.0 Å². The molecule has 0 radical (unpaired) electrons. The average Bonchev–Trinajstić information content (AvgIpc) is 2.62. The topological polar surface area (TPSA) is 47.6 Å². The molecule has 0 bridgehead atoms. The number of rotatable bonds is 8. The quantitative estimate of drug-likeness (QED) is 0.421. The summed E-state index contributed by atoms with van der Waals surface area (Å²) in [6.45, 7) is 2.83. The molecule has 2 rings (SSSR count). The number of ether oxygens (including phenoxy) is 2. The zero-order chi connectivity index (χ0) is 18.1. The summed E-state index contributed by atoms with van der Waals surface area (Å²) in [4.78, 5) is 12.1. The molecule has 0 unspecified atom stereocenters. The highest BCUT2D eigenvalue weighted by molar-refractivity contribution is 6.17. The summed E-state index contributed by atoms with van der Waals surface area (Å²) in [7, 11) is 1.61. The van der Waals surface area contributed by atoms with Crippen molar-refractivity contribution in [2.75, 3.05) is 19.6 Å². The normalized spacial score (nSPS) is 20.4. The van der Waals surface area contributed by atoms with E-state index in [0.29, 0.717) is 30.0 Å². The van der Waals surface area contributed by atoms with E-state index in [1.807, 2.05) is 18.2 Å². The van der Waals surface area contributed by atoms with Crippen LogP contribution in [0, 0.1) is 5.92 Å². The first-order valence-corrected chi connectivity index (χ1v) is 9.51. The van der Waals surface area contributed by atoms with Crippen LogP contribution in [-0.2, 0) is 4.79 Å². The third-order valence-electron chi connectivity index (χ3n) is 4.51. The summed E-state index contributed by atoms with van der Waals surface area (Å²) in [5.41, 5.74) is 0.897. The molecule has 0 aliphatic heterocycles. The predicted molar refractivity (Wildman–Crippen MR) is 102 cm³/mol. The molecular weight excluding hydrogens is 338 g/mol. The van der Waals surface area contributed by atoms with Crippen molar-refractivity contribution in [2.24, 2.45) is 5.92 Å². The van der Waals surface area contributed by atoms with Crippen molar-refractivity contribution < 1.29 is 14.3 Å². The van der Waals surface area contributed by atoms with Gasteiger partial charge in [-0.25, -0.2) is 0 Å². The van der Waals surface area contributed by atoms with Gasteiger partial charge in [-0.3, -0.25) is 4.79 Å². The SMILES string of the molecule is COc1cc(C=CC(=O)NC2CCC(C)CC2)ccc1OCCCCl. The number of carbonyl (C=O) groups excluding carboxylic acids is 1. The summed E-state index contributed by atoms with van der Waals surface area (Å²) in [5, 5.41) is 3.09. The summed E-state index contributed by atoms with van der Waals surface area (Å²) < 4.78 is 11.0. The fourth-order valence-corrected chi connectivity index (χ4v) is 3.08. The molecule has 1 N–H and O–H groups in total. The van der Waals surface area contributed by atoms with Crippen molar-refractivity contribution in [2.45, 2.75) is 45.1 Å². The monoisotopic (exact) mass is 365 g/mol. The van der Waals surface area contributed by atoms with Crippen molar-refractivity contribution in [3.8, 4) is 11.5 Å². The summed E-state index contributed by atoms with van der Waals surface area (Å²) in [5.74, 6) is 2.64. The van der Waals surface area contributed by atoms with Crippen molar-refractivity contribution in [1.29, 1.82) is 0 Å². The number of methoxy groups -OCH3 is 1. The Bertz CT molecular complexity index is 580. The molecule has 0 atom stereocenters. The molecular formula is C20H28ClNO3. The minimum absolute atomic E-state index is 0.0408. The Morgan fingerprint density at radius 2 is 2.04 bits per heavy atom. The van der Waals surface area contributed by atoms with Crippen molar-refractivity contribution in [3.63, 3.8) is 0 Å². The molecule has 138 valence electrons. The van der Waals surface area contributed by atoms with E-state index in [4.69, 9.17) is 21.1 Å². The van der Waals surface area contributed by atoms with Crippen LogP contribution in [0.25, 0.3) is 6.08 Å². The lowest BCUT2D eigenvalue weighted by Crippen LogP contribution is -2.36. The van der Waals surface area contributed by atoms with Crippen LogP contribution in [0.2, 0.25) is 0 Å². The second-order valence-corrected chi connectivity index (χ2v) is 6.98. The van der Waals surface area contributed by atoms with Crippen molar-refractivity contribution in [3.05, 3.63) is 29.8 Å². The molecule has 1 aromatic rings. The molecule has 1 fully saturated rings. The van der Waals surface area contributed by atoms with Gasteiger partial charge < -0.3 is 14.8 Å². The van der Waals surface area contributed by atoms with Gasteiger partial charge in [-0.1, -0.05) is 13.0 Å². The first kappa shape index (κ1) is 19.6. The van der Waals surface area contributed by atoms with Gasteiger partial charge in [0.05, 0.1) is 13.7 Å². The van der Waals surface area contributed by atoms with E-state index in [0.717, 1.165) is 30.7 Å². The molecule has 1 saturated carbocycles. The Hall–Kier alpha value is -1.68. The van der Waals surface area contributed by atoms with Crippen LogP contribution in [-0.4, -0.2) is 31.5 Å². The van der Waals surface area contributed by atoms with Crippen LogP contribution < -0.4 is 14.8 Å². The van der Waals surface area contributed by atoms with Gasteiger partial charge in [-0.15, -0.1) is 11.6 Å². The lowest BCUT2D eigenvalue weighted by Gasteiger charge is -2.26. The van der Waals surface area contributed by atoms with Crippen molar-refractivity contribution in [1.82, 2.24) is 5.32 Å². The molecule has 1 aliphatic carbocycles. The van der Waals surface area contributed by atoms with Crippen LogP contribution >= 0.6 is 11.6 Å². The van der Waals surface area contributed by atoms with Gasteiger partial charge in [0.1, 0.15) is 0 Å². The van der Waals surface area contributed by atoms with Gasteiger partial charge in [0.2, 0.25) is 5.91 Å². The lowest BCUT2D eigenvalue weighted by molar-refractivity contribution is -0.117. The lowest BCUT2D eigenvalue weighted by atomic mass is 9.87. The first-order valence-electron chi connectivity index (χ1n) is 8.97. The number of carbonyl (C=O) groups is 1. The Labute approximate surface area is 155 Å². The molecule has 0 spiro atoms. The van der Waals surface area contributed by atoms with Gasteiger partial charge in [-0.2, -0.15) is 0 Å². The molecule has 5 heteroatoms. The maximum Gasteiger partial charge on any atom is 0.244 e. The second kappa shape index (κ2) is 10.3. The fourth-order valence-electron chi connectivity index (χ4n) is 2.97. The van der Waals surface area contributed by atoms with Crippen LogP contribution in [0.5, 0.6) is 11.5 Å². The van der Waals surface area contributed by atoms with Crippen molar-refractivity contribution >= 4 is 23.6 Å². The van der Waals surface area contributed by atoms with Crippen LogP contribution in [0.15, 0.2) is 24.3 Å². The molecule has 1 aliphatic rings. The number of hydrogen-bond donors (Lipinski definition) is 1. The molecule has 25 heavy (non-hydrogen) atoms. The minimum atomic E-state index is -0.0408. The van der Waals surface area contributed by atoms with Gasteiger partial charge in [0.25, 0.3) is 0 Å². The molecule has 1 aromatic carbocycles. The number of hydrogen-bond acceptors (Lipinski definition) is 3. The number of alkyl halides is 1. The number of halogens is 1. The highest BCUT2D eigenvalue weighted by atomic mass is 35.5. The van der Waals surface area contributed by atoms with Crippen LogP contribution in [0.4, 0.5) is 0 Å². The van der Waals surface area contributed by atoms with E-state index in [-0.39, 0.29) is 5.91 Å². The third kappa shape index (κ3) is 6.62. The average molecular weight is 366 g/mol. The number of nitrogens with one attached hydrogen (secondary N) is 1. The number of benzene rings is 1. The summed E-state index contributed by atoms with van der Waals surface area (Å²) in [6, 6.07) is 5.93. The minimum Gasteiger partial charge on any atom is -0.493 e. The summed E-state index contributed by atoms with van der Waals surface area (Å²) >= 11 is 5.66. The molecule has 0 saturated heterocycles. The Kier molecular flexibility index (Phi) is 8.13. The molecule has 0 aromatic heterocycles. The smallest absolute Gasteiger partial charge is 0.244 e. The number of amides is 1. The third-order valence-corrected chi connectivity index (χ3v) is 4.78. The molecule has 4 nitrogen and oxygen atoms in total. The predicted octanol–water partition coefficient (Wildman–Crippen LogP) is 4.41. The van der Waals surface area contributed by atoms with E-state index in [1.54, 1.807) is 19.3 Å². The van der Waals surface area contributed by atoms with E-state index in [2.05, 4.69) is 12.2 Å². The molecule has 0 heterocycles. The zero-order valence-corrected chi connectivity index (χ0v) is 15.8.